The maximum absolute atomic E-state index is 11.9. The van der Waals surface area contributed by atoms with E-state index in [9.17, 15) is 18.0 Å². The van der Waals surface area contributed by atoms with Gasteiger partial charge < -0.3 is 10.4 Å². The number of urea groups is 1. The Balaban J connectivity index is 2.78. The van der Waals surface area contributed by atoms with E-state index < -0.39 is 28.1 Å². The normalized spacial score (nSPS) is 14.1. The van der Waals surface area contributed by atoms with Crippen LogP contribution in [-0.2, 0) is 14.8 Å². The summed E-state index contributed by atoms with van der Waals surface area (Å²) in [5.74, 6) is -1.59. The van der Waals surface area contributed by atoms with Crippen molar-refractivity contribution in [3.63, 3.8) is 0 Å². The van der Waals surface area contributed by atoms with Crippen LogP contribution in [0, 0.1) is 5.92 Å². The number of carbonyl (C=O) groups excluding carboxylic acids is 1. The van der Waals surface area contributed by atoms with Gasteiger partial charge in [-0.1, -0.05) is 50.1 Å². The van der Waals surface area contributed by atoms with Gasteiger partial charge in [-0.3, -0.25) is 0 Å². The summed E-state index contributed by atoms with van der Waals surface area (Å²) in [7, 11) is -4.09. The second-order valence-corrected chi connectivity index (χ2v) is 7.12. The Morgan fingerprint density at radius 2 is 1.96 bits per heavy atom. The molecule has 1 rings (SSSR count). The number of hydrogen-bond acceptors (Lipinski definition) is 4. The van der Waals surface area contributed by atoms with Crippen LogP contribution in [0.25, 0.3) is 6.08 Å². The molecule has 0 fully saturated rings. The lowest BCUT2D eigenvalue weighted by atomic mass is 10.00. The molecule has 0 aliphatic heterocycles. The molecule has 132 valence electrons. The molecule has 0 spiro atoms. The average Bonchev–Trinajstić information content (AvgIpc) is 2.50. The van der Waals surface area contributed by atoms with Crippen molar-refractivity contribution in [1.29, 1.82) is 0 Å². The van der Waals surface area contributed by atoms with E-state index in [2.05, 4.69) is 5.32 Å². The zero-order valence-corrected chi connectivity index (χ0v) is 14.8. The number of rotatable bonds is 7. The van der Waals surface area contributed by atoms with Crippen LogP contribution in [0.4, 0.5) is 4.79 Å². The van der Waals surface area contributed by atoms with Gasteiger partial charge in [0, 0.05) is 5.02 Å². The van der Waals surface area contributed by atoms with Gasteiger partial charge in [0.05, 0.1) is 5.41 Å². The van der Waals surface area contributed by atoms with Gasteiger partial charge in [-0.15, -0.1) is 0 Å². The summed E-state index contributed by atoms with van der Waals surface area (Å²) >= 11 is 5.90. The molecule has 2 unspecified atom stereocenters. The second-order valence-electron chi connectivity index (χ2n) is 5.15. The number of hydrogen-bond donors (Lipinski definition) is 3. The summed E-state index contributed by atoms with van der Waals surface area (Å²) in [4.78, 5) is 22.9. The molecule has 0 aliphatic carbocycles. The Labute approximate surface area is 145 Å². The summed E-state index contributed by atoms with van der Waals surface area (Å²) in [6.45, 7) is 3.41. The number of sulfonamides is 1. The highest BCUT2D eigenvalue weighted by atomic mass is 35.5. The number of amides is 2. The molecule has 0 bridgehead atoms. The van der Waals surface area contributed by atoms with Gasteiger partial charge in [-0.25, -0.2) is 22.7 Å². The molecule has 0 radical (unpaired) electrons. The van der Waals surface area contributed by atoms with Crippen LogP contribution in [0.5, 0.6) is 0 Å². The Morgan fingerprint density at radius 1 is 1.33 bits per heavy atom. The summed E-state index contributed by atoms with van der Waals surface area (Å²) < 4.78 is 25.5. The minimum Gasteiger partial charge on any atom is -0.480 e. The first-order valence-corrected chi connectivity index (χ1v) is 9.07. The Morgan fingerprint density at radius 3 is 2.50 bits per heavy atom. The highest BCUT2D eigenvalue weighted by Gasteiger charge is 2.26. The highest BCUT2D eigenvalue weighted by Crippen LogP contribution is 2.16. The average molecular weight is 375 g/mol. The van der Waals surface area contributed by atoms with Crippen LogP contribution in [0.2, 0.25) is 5.02 Å². The Hall–Kier alpha value is -2.06. The molecule has 0 heterocycles. The molecule has 0 saturated carbocycles. The molecule has 0 aromatic heterocycles. The number of carboxylic acid groups (broad SMARTS) is 1. The van der Waals surface area contributed by atoms with E-state index >= 15 is 0 Å². The van der Waals surface area contributed by atoms with E-state index in [-0.39, 0.29) is 5.92 Å². The van der Waals surface area contributed by atoms with Crippen molar-refractivity contribution in [1.82, 2.24) is 10.0 Å². The monoisotopic (exact) mass is 374 g/mol. The van der Waals surface area contributed by atoms with E-state index in [0.717, 1.165) is 5.41 Å². The topological polar surface area (TPSA) is 113 Å². The lowest BCUT2D eigenvalue weighted by molar-refractivity contribution is -0.140. The van der Waals surface area contributed by atoms with Crippen LogP contribution < -0.4 is 10.0 Å². The van der Waals surface area contributed by atoms with E-state index in [0.29, 0.717) is 17.0 Å². The quantitative estimate of drug-likeness (QED) is 0.678. The lowest BCUT2D eigenvalue weighted by Gasteiger charge is -2.19. The van der Waals surface area contributed by atoms with Crippen molar-refractivity contribution in [3.8, 4) is 0 Å². The summed E-state index contributed by atoms with van der Waals surface area (Å²) in [6, 6.07) is 4.29. The first-order chi connectivity index (χ1) is 11.2. The first kappa shape index (κ1) is 20.0. The first-order valence-electron chi connectivity index (χ1n) is 7.15. The summed E-state index contributed by atoms with van der Waals surface area (Å²) in [5.41, 5.74) is 0.466. The number of halogens is 1. The zero-order chi connectivity index (χ0) is 18.3. The third-order valence-electron chi connectivity index (χ3n) is 3.33. The number of carbonyl (C=O) groups is 2. The molecular formula is C15H19ClN2O5S. The third kappa shape index (κ3) is 6.21. The maximum Gasteiger partial charge on any atom is 0.329 e. The fourth-order valence-electron chi connectivity index (χ4n) is 1.79. The van der Waals surface area contributed by atoms with Gasteiger partial charge in [-0.05, 0) is 23.6 Å². The standard InChI is InChI=1S/C15H19ClN2O5S/c1-3-10(2)13(14(19)20)17-15(21)18-24(22,23)9-8-11-6-4-5-7-12(11)16/h4-10,13H,3H2,1-2H3,(H,19,20)(H2,17,18,21)/b9-8+. The Bertz CT molecular complexity index is 733. The smallest absolute Gasteiger partial charge is 0.329 e. The molecule has 0 aliphatic rings. The zero-order valence-electron chi connectivity index (χ0n) is 13.2. The number of benzene rings is 1. The van der Waals surface area contributed by atoms with Crippen molar-refractivity contribution in [2.24, 2.45) is 5.92 Å². The predicted molar refractivity (Wildman–Crippen MR) is 92.0 cm³/mol. The molecular weight excluding hydrogens is 356 g/mol. The molecule has 9 heteroatoms. The molecule has 1 aromatic carbocycles. The molecule has 3 N–H and O–H groups in total. The molecule has 2 atom stereocenters. The largest absolute Gasteiger partial charge is 0.480 e. The fraction of sp³-hybridized carbons (Fsp3) is 0.333. The number of carboxylic acids is 1. The maximum atomic E-state index is 11.9. The van der Waals surface area contributed by atoms with Crippen LogP contribution in [0.15, 0.2) is 29.7 Å². The van der Waals surface area contributed by atoms with Crippen LogP contribution in [0.1, 0.15) is 25.8 Å². The minimum atomic E-state index is -4.09. The predicted octanol–water partition coefficient (Wildman–Crippen LogP) is 2.44. The number of aliphatic carboxylic acids is 1. The SMILES string of the molecule is CCC(C)C(NC(=O)NS(=O)(=O)/C=C/c1ccccc1Cl)C(=O)O. The van der Waals surface area contributed by atoms with E-state index in [1.165, 1.54) is 6.08 Å². The number of nitrogens with one attached hydrogen (secondary N) is 2. The van der Waals surface area contributed by atoms with Crippen LogP contribution in [-0.4, -0.2) is 31.6 Å². The minimum absolute atomic E-state index is 0.352. The molecule has 0 saturated heterocycles. The molecule has 24 heavy (non-hydrogen) atoms. The van der Waals surface area contributed by atoms with Crippen molar-refractivity contribution in [3.05, 3.63) is 40.3 Å². The van der Waals surface area contributed by atoms with E-state index in [4.69, 9.17) is 16.7 Å². The van der Waals surface area contributed by atoms with E-state index in [1.54, 1.807) is 42.8 Å². The van der Waals surface area contributed by atoms with Gasteiger partial charge in [0.1, 0.15) is 6.04 Å². The molecule has 7 nitrogen and oxygen atoms in total. The van der Waals surface area contributed by atoms with Crippen LogP contribution in [0.3, 0.4) is 0 Å². The van der Waals surface area contributed by atoms with Gasteiger partial charge in [0.15, 0.2) is 0 Å². The second kappa shape index (κ2) is 8.70. The molecule has 2 amide bonds. The van der Waals surface area contributed by atoms with Crippen molar-refractivity contribution in [2.75, 3.05) is 0 Å². The Kier molecular flexibility index (Phi) is 7.24. The van der Waals surface area contributed by atoms with Gasteiger partial charge in [-0.2, -0.15) is 0 Å². The van der Waals surface area contributed by atoms with Gasteiger partial charge in [0.25, 0.3) is 10.0 Å². The summed E-state index contributed by atoms with van der Waals surface area (Å²) in [6.07, 6.45) is 1.75. The highest BCUT2D eigenvalue weighted by molar-refractivity contribution is 7.93. The van der Waals surface area contributed by atoms with Crippen molar-refractivity contribution >= 4 is 39.7 Å². The lowest BCUT2D eigenvalue weighted by Crippen LogP contribution is -2.50. The van der Waals surface area contributed by atoms with Crippen molar-refractivity contribution in [2.45, 2.75) is 26.3 Å². The van der Waals surface area contributed by atoms with Gasteiger partial charge >= 0.3 is 12.0 Å². The summed E-state index contributed by atoms with van der Waals surface area (Å²) in [5, 5.41) is 12.4. The van der Waals surface area contributed by atoms with Gasteiger partial charge in [0.2, 0.25) is 0 Å². The van der Waals surface area contributed by atoms with Crippen LogP contribution >= 0.6 is 11.6 Å². The molecule has 1 aromatic rings. The van der Waals surface area contributed by atoms with E-state index in [1.807, 2.05) is 0 Å². The third-order valence-corrected chi connectivity index (χ3v) is 4.64. The fourth-order valence-corrected chi connectivity index (χ4v) is 2.70. The van der Waals surface area contributed by atoms with Crippen molar-refractivity contribution < 1.29 is 23.1 Å².